The standard InChI is InChI=1S/C22H24N2O4/c1-15-3-2-4-17(13-15)22(26)24-9-7-16(8-10-24)21(25)23-18-5-6-19-20(14-18)28-12-11-27-19/h2-6,13-14,16H,7-12H2,1H3,(H,23,25). The highest BCUT2D eigenvalue weighted by Gasteiger charge is 2.28. The van der Waals surface area contributed by atoms with E-state index in [2.05, 4.69) is 5.32 Å². The van der Waals surface area contributed by atoms with Crippen LogP contribution >= 0.6 is 0 Å². The molecule has 0 atom stereocenters. The molecule has 0 spiro atoms. The molecule has 0 aromatic heterocycles. The lowest BCUT2D eigenvalue weighted by atomic mass is 9.95. The molecule has 0 aliphatic carbocycles. The molecule has 6 heteroatoms. The van der Waals surface area contributed by atoms with Gasteiger partial charge in [-0.3, -0.25) is 9.59 Å². The molecule has 2 aliphatic heterocycles. The molecule has 2 aliphatic rings. The predicted octanol–water partition coefficient (Wildman–Crippen LogP) is 3.26. The van der Waals surface area contributed by atoms with Crippen molar-refractivity contribution in [3.8, 4) is 11.5 Å². The molecule has 1 fully saturated rings. The van der Waals surface area contributed by atoms with Crippen molar-refractivity contribution in [2.75, 3.05) is 31.6 Å². The number of hydrogen-bond donors (Lipinski definition) is 1. The number of carbonyl (C=O) groups is 2. The third-order valence-corrected chi connectivity index (χ3v) is 5.23. The van der Waals surface area contributed by atoms with Crippen molar-refractivity contribution in [2.45, 2.75) is 19.8 Å². The van der Waals surface area contributed by atoms with Gasteiger partial charge in [0.2, 0.25) is 5.91 Å². The maximum absolute atomic E-state index is 12.7. The molecule has 2 heterocycles. The van der Waals surface area contributed by atoms with E-state index in [1.165, 1.54) is 0 Å². The van der Waals surface area contributed by atoms with Gasteiger partial charge in [-0.15, -0.1) is 0 Å². The van der Waals surface area contributed by atoms with Gasteiger partial charge >= 0.3 is 0 Å². The molecule has 1 N–H and O–H groups in total. The topological polar surface area (TPSA) is 67.9 Å². The maximum Gasteiger partial charge on any atom is 0.253 e. The Balaban J connectivity index is 1.33. The summed E-state index contributed by atoms with van der Waals surface area (Å²) in [6.07, 6.45) is 1.32. The molecule has 0 bridgehead atoms. The molecular weight excluding hydrogens is 356 g/mol. The number of nitrogens with one attached hydrogen (secondary N) is 1. The van der Waals surface area contributed by atoms with Gasteiger partial charge in [-0.1, -0.05) is 17.7 Å². The van der Waals surface area contributed by atoms with Crippen LogP contribution in [0.4, 0.5) is 5.69 Å². The van der Waals surface area contributed by atoms with Crippen molar-refractivity contribution < 1.29 is 19.1 Å². The van der Waals surface area contributed by atoms with Crippen LogP contribution in [0.1, 0.15) is 28.8 Å². The van der Waals surface area contributed by atoms with Crippen molar-refractivity contribution in [1.29, 1.82) is 0 Å². The summed E-state index contributed by atoms with van der Waals surface area (Å²) in [4.78, 5) is 27.1. The molecule has 0 saturated carbocycles. The molecule has 2 aromatic rings. The molecule has 4 rings (SSSR count). The molecule has 146 valence electrons. The van der Waals surface area contributed by atoms with Crippen molar-refractivity contribution in [3.05, 3.63) is 53.6 Å². The Kier molecular flexibility index (Phi) is 5.19. The first-order valence-electron chi connectivity index (χ1n) is 9.66. The molecule has 1 saturated heterocycles. The first kappa shape index (κ1) is 18.3. The second kappa shape index (κ2) is 7.92. The van der Waals surface area contributed by atoms with Crippen LogP contribution in [0.15, 0.2) is 42.5 Å². The number of hydrogen-bond acceptors (Lipinski definition) is 4. The number of ether oxygens (including phenoxy) is 2. The Labute approximate surface area is 164 Å². The Morgan fingerprint density at radius 2 is 1.75 bits per heavy atom. The van der Waals surface area contributed by atoms with Gasteiger partial charge in [0.25, 0.3) is 5.91 Å². The SMILES string of the molecule is Cc1cccc(C(=O)N2CCC(C(=O)Nc3ccc4c(c3)OCCO4)CC2)c1. The van der Waals surface area contributed by atoms with E-state index in [9.17, 15) is 9.59 Å². The highest BCUT2D eigenvalue weighted by Crippen LogP contribution is 2.33. The number of likely N-dealkylation sites (tertiary alicyclic amines) is 1. The summed E-state index contributed by atoms with van der Waals surface area (Å²) >= 11 is 0. The van der Waals surface area contributed by atoms with Gasteiger partial charge in [0.05, 0.1) is 0 Å². The van der Waals surface area contributed by atoms with E-state index >= 15 is 0 Å². The number of benzene rings is 2. The number of piperidine rings is 1. The lowest BCUT2D eigenvalue weighted by molar-refractivity contribution is -0.121. The van der Waals surface area contributed by atoms with Crippen molar-refractivity contribution in [3.63, 3.8) is 0 Å². The average molecular weight is 380 g/mol. The minimum absolute atomic E-state index is 0.0145. The lowest BCUT2D eigenvalue weighted by Gasteiger charge is -2.31. The quantitative estimate of drug-likeness (QED) is 0.888. The number of aryl methyl sites for hydroxylation is 1. The summed E-state index contributed by atoms with van der Waals surface area (Å²) < 4.78 is 11.1. The molecule has 0 unspecified atom stereocenters. The van der Waals surface area contributed by atoms with E-state index < -0.39 is 0 Å². The summed E-state index contributed by atoms with van der Waals surface area (Å²) in [6.45, 7) is 4.21. The van der Waals surface area contributed by atoms with E-state index in [0.29, 0.717) is 61.9 Å². The second-order valence-electron chi connectivity index (χ2n) is 7.28. The smallest absolute Gasteiger partial charge is 0.253 e. The van der Waals surface area contributed by atoms with Gasteiger partial charge in [0.1, 0.15) is 13.2 Å². The number of carbonyl (C=O) groups excluding carboxylic acids is 2. The summed E-state index contributed by atoms with van der Waals surface area (Å²) in [6, 6.07) is 13.1. The van der Waals surface area contributed by atoms with Crippen LogP contribution in [0, 0.1) is 12.8 Å². The fraction of sp³-hybridized carbons (Fsp3) is 0.364. The van der Waals surface area contributed by atoms with Gasteiger partial charge in [0.15, 0.2) is 11.5 Å². The summed E-state index contributed by atoms with van der Waals surface area (Å²) in [5, 5.41) is 2.97. The number of nitrogens with zero attached hydrogens (tertiary/aromatic N) is 1. The first-order chi connectivity index (χ1) is 13.6. The van der Waals surface area contributed by atoms with Crippen molar-refractivity contribution >= 4 is 17.5 Å². The third kappa shape index (κ3) is 3.96. The zero-order chi connectivity index (χ0) is 19.5. The Bertz CT molecular complexity index is 888. The van der Waals surface area contributed by atoms with Crippen molar-refractivity contribution in [1.82, 2.24) is 4.90 Å². The number of anilines is 1. The van der Waals surface area contributed by atoms with Crippen molar-refractivity contribution in [2.24, 2.45) is 5.92 Å². The zero-order valence-corrected chi connectivity index (χ0v) is 15.9. The molecule has 2 aromatic carbocycles. The van der Waals surface area contributed by atoms with Gasteiger partial charge < -0.3 is 19.7 Å². The van der Waals surface area contributed by atoms with E-state index in [1.807, 2.05) is 48.2 Å². The van der Waals surface area contributed by atoms with Crippen LogP contribution in [0.2, 0.25) is 0 Å². The fourth-order valence-corrected chi connectivity index (χ4v) is 3.67. The number of fused-ring (bicyclic) bond motifs is 1. The van der Waals surface area contributed by atoms with Crippen LogP contribution in [0.25, 0.3) is 0 Å². The van der Waals surface area contributed by atoms with E-state index in [-0.39, 0.29) is 17.7 Å². The predicted molar refractivity (Wildman–Crippen MR) is 106 cm³/mol. The van der Waals surface area contributed by atoms with Gasteiger partial charge in [-0.05, 0) is 44.0 Å². The lowest BCUT2D eigenvalue weighted by Crippen LogP contribution is -2.41. The first-order valence-corrected chi connectivity index (χ1v) is 9.66. The monoisotopic (exact) mass is 380 g/mol. The highest BCUT2D eigenvalue weighted by atomic mass is 16.6. The van der Waals surface area contributed by atoms with Gasteiger partial charge in [0, 0.05) is 36.3 Å². The zero-order valence-electron chi connectivity index (χ0n) is 15.9. The minimum atomic E-state index is -0.102. The number of rotatable bonds is 3. The van der Waals surface area contributed by atoms with Crippen LogP contribution in [-0.2, 0) is 4.79 Å². The molecule has 0 radical (unpaired) electrons. The molecule has 6 nitrogen and oxygen atoms in total. The van der Waals surface area contributed by atoms with E-state index in [1.54, 1.807) is 6.07 Å². The Hall–Kier alpha value is -3.02. The molecular formula is C22H24N2O4. The van der Waals surface area contributed by atoms with E-state index in [4.69, 9.17) is 9.47 Å². The normalized spacial score (nSPS) is 16.5. The maximum atomic E-state index is 12.7. The molecule has 2 amide bonds. The molecule has 28 heavy (non-hydrogen) atoms. The van der Waals surface area contributed by atoms with E-state index in [0.717, 1.165) is 5.56 Å². The average Bonchev–Trinajstić information content (AvgIpc) is 2.73. The third-order valence-electron chi connectivity index (χ3n) is 5.23. The van der Waals surface area contributed by atoms with Crippen LogP contribution in [0.5, 0.6) is 11.5 Å². The van der Waals surface area contributed by atoms with Crippen LogP contribution < -0.4 is 14.8 Å². The fourth-order valence-electron chi connectivity index (χ4n) is 3.67. The second-order valence-corrected chi connectivity index (χ2v) is 7.28. The van der Waals surface area contributed by atoms with Crippen LogP contribution in [-0.4, -0.2) is 43.0 Å². The Morgan fingerprint density at radius 1 is 1.00 bits per heavy atom. The summed E-state index contributed by atoms with van der Waals surface area (Å²) in [5.41, 5.74) is 2.48. The number of amides is 2. The summed E-state index contributed by atoms with van der Waals surface area (Å²) in [7, 11) is 0. The van der Waals surface area contributed by atoms with Crippen LogP contribution in [0.3, 0.4) is 0 Å². The Morgan fingerprint density at radius 3 is 2.50 bits per heavy atom. The van der Waals surface area contributed by atoms with Gasteiger partial charge in [-0.25, -0.2) is 0 Å². The largest absolute Gasteiger partial charge is 0.486 e. The van der Waals surface area contributed by atoms with Gasteiger partial charge in [-0.2, -0.15) is 0 Å². The highest BCUT2D eigenvalue weighted by molar-refractivity contribution is 5.95. The summed E-state index contributed by atoms with van der Waals surface area (Å²) in [5.74, 6) is 1.28. The minimum Gasteiger partial charge on any atom is -0.486 e.